The lowest BCUT2D eigenvalue weighted by Gasteiger charge is -2.32. The highest BCUT2D eigenvalue weighted by Crippen LogP contribution is 2.44. The van der Waals surface area contributed by atoms with Gasteiger partial charge in [0, 0.05) is 23.6 Å². The zero-order chi connectivity index (χ0) is 20.5. The van der Waals surface area contributed by atoms with Crippen LogP contribution in [0.1, 0.15) is 35.4 Å². The van der Waals surface area contributed by atoms with Crippen LogP contribution in [0.3, 0.4) is 0 Å². The number of nitrogens with two attached hydrogens (primary N) is 1. The van der Waals surface area contributed by atoms with Gasteiger partial charge in [0.15, 0.2) is 0 Å². The quantitative estimate of drug-likeness (QED) is 0.832. The van der Waals surface area contributed by atoms with Gasteiger partial charge in [0.1, 0.15) is 17.6 Å². The smallest absolute Gasteiger partial charge is 0.275 e. The molecule has 0 radical (unpaired) electrons. The molecule has 1 aliphatic heterocycles. The summed E-state index contributed by atoms with van der Waals surface area (Å²) in [5, 5.41) is 2.48. The predicted molar refractivity (Wildman–Crippen MR) is 96.0 cm³/mol. The zero-order valence-electron chi connectivity index (χ0n) is 15.1. The molecule has 1 amide bonds. The monoisotopic (exact) mass is 393 g/mol. The van der Waals surface area contributed by atoms with Crippen LogP contribution in [0.15, 0.2) is 35.6 Å². The van der Waals surface area contributed by atoms with Gasteiger partial charge in [-0.05, 0) is 18.2 Å². The largest absolute Gasteiger partial charge is 0.480 e. The summed E-state index contributed by atoms with van der Waals surface area (Å²) >= 11 is 0. The molecule has 1 aromatic heterocycles. The van der Waals surface area contributed by atoms with Gasteiger partial charge in [0.2, 0.25) is 5.88 Å². The number of nitrogens with one attached hydrogen (secondary N) is 1. The summed E-state index contributed by atoms with van der Waals surface area (Å²) in [6.07, 6.45) is 1.91. The summed E-state index contributed by atoms with van der Waals surface area (Å²) < 4.78 is 48.0. The number of halogens is 3. The van der Waals surface area contributed by atoms with Crippen molar-refractivity contribution in [2.24, 2.45) is 16.6 Å². The van der Waals surface area contributed by atoms with Gasteiger partial charge in [-0.2, -0.15) is 0 Å². The number of ether oxygens (including phenoxy) is 1. The summed E-state index contributed by atoms with van der Waals surface area (Å²) in [6, 6.07) is 1.60. The highest BCUT2D eigenvalue weighted by atomic mass is 19.3. The maximum Gasteiger partial charge on any atom is 0.275 e. The first-order chi connectivity index (χ1) is 13.2. The molecule has 10 heteroatoms. The maximum absolute atomic E-state index is 14.4. The molecule has 3 rings (SSSR count). The van der Waals surface area contributed by atoms with Gasteiger partial charge in [0.05, 0.1) is 25.3 Å². The number of aliphatic imine (C=N–C) groups is 1. The number of carbonyl (C=O) groups is 1. The SMILES string of the molecule is COc1cnc(C(=O)Nc2ccc(F)c(C3N=C(N)C(C)CC3(F)F)c2)cn1. The second-order valence-corrected chi connectivity index (χ2v) is 6.46. The molecule has 2 aromatic rings. The number of rotatable bonds is 4. The van der Waals surface area contributed by atoms with E-state index >= 15 is 0 Å². The molecule has 0 spiro atoms. The summed E-state index contributed by atoms with van der Waals surface area (Å²) in [5.41, 5.74) is 5.44. The molecule has 0 saturated heterocycles. The number of hydrogen-bond donors (Lipinski definition) is 2. The van der Waals surface area contributed by atoms with Crippen LogP contribution in [-0.4, -0.2) is 34.7 Å². The fourth-order valence-corrected chi connectivity index (χ4v) is 2.86. The van der Waals surface area contributed by atoms with Crippen molar-refractivity contribution in [3.8, 4) is 5.88 Å². The lowest BCUT2D eigenvalue weighted by atomic mass is 9.89. The zero-order valence-corrected chi connectivity index (χ0v) is 15.1. The average Bonchev–Trinajstić information content (AvgIpc) is 2.66. The number of carbonyl (C=O) groups excluding carboxylic acids is 1. The molecule has 0 bridgehead atoms. The van der Waals surface area contributed by atoms with Crippen molar-refractivity contribution in [3.05, 3.63) is 47.7 Å². The molecule has 2 atom stereocenters. The van der Waals surface area contributed by atoms with Crippen molar-refractivity contribution < 1.29 is 22.7 Å². The van der Waals surface area contributed by atoms with Gasteiger partial charge in [-0.1, -0.05) is 6.92 Å². The molecule has 28 heavy (non-hydrogen) atoms. The molecule has 2 heterocycles. The lowest BCUT2D eigenvalue weighted by molar-refractivity contribution is -0.0462. The predicted octanol–water partition coefficient (Wildman–Crippen LogP) is 2.95. The van der Waals surface area contributed by atoms with E-state index in [2.05, 4.69) is 20.3 Å². The van der Waals surface area contributed by atoms with Gasteiger partial charge >= 0.3 is 0 Å². The van der Waals surface area contributed by atoms with Crippen LogP contribution in [0, 0.1) is 11.7 Å². The molecule has 3 N–H and O–H groups in total. The fourth-order valence-electron chi connectivity index (χ4n) is 2.86. The number of alkyl halides is 2. The van der Waals surface area contributed by atoms with Crippen molar-refractivity contribution in [1.29, 1.82) is 0 Å². The van der Waals surface area contributed by atoms with E-state index in [0.717, 1.165) is 12.1 Å². The van der Waals surface area contributed by atoms with Gasteiger partial charge < -0.3 is 15.8 Å². The second-order valence-electron chi connectivity index (χ2n) is 6.46. The molecule has 1 aromatic carbocycles. The van der Waals surface area contributed by atoms with Gasteiger partial charge in [0.25, 0.3) is 11.8 Å². The number of nitrogens with zero attached hydrogens (tertiary/aromatic N) is 3. The average molecular weight is 393 g/mol. The minimum absolute atomic E-state index is 0.0224. The van der Waals surface area contributed by atoms with E-state index in [1.807, 2.05) is 0 Å². The fraction of sp³-hybridized carbons (Fsp3) is 0.333. The number of anilines is 1. The van der Waals surface area contributed by atoms with E-state index < -0.39 is 36.0 Å². The lowest BCUT2D eigenvalue weighted by Crippen LogP contribution is -2.39. The highest BCUT2D eigenvalue weighted by Gasteiger charge is 2.46. The third-order valence-corrected chi connectivity index (χ3v) is 4.38. The second kappa shape index (κ2) is 7.45. The van der Waals surface area contributed by atoms with Crippen molar-refractivity contribution in [3.63, 3.8) is 0 Å². The first kappa shape index (κ1) is 19.6. The Morgan fingerprint density at radius 2 is 2.07 bits per heavy atom. The number of hydrogen-bond acceptors (Lipinski definition) is 6. The van der Waals surface area contributed by atoms with Crippen molar-refractivity contribution in [1.82, 2.24) is 9.97 Å². The van der Waals surface area contributed by atoms with Crippen LogP contribution in [0.2, 0.25) is 0 Å². The van der Waals surface area contributed by atoms with E-state index in [1.54, 1.807) is 0 Å². The third-order valence-electron chi connectivity index (χ3n) is 4.38. The number of benzene rings is 1. The summed E-state index contributed by atoms with van der Waals surface area (Å²) in [4.78, 5) is 23.8. The van der Waals surface area contributed by atoms with E-state index in [-0.39, 0.29) is 28.7 Å². The Morgan fingerprint density at radius 1 is 1.32 bits per heavy atom. The Morgan fingerprint density at radius 3 is 2.71 bits per heavy atom. The van der Waals surface area contributed by atoms with E-state index in [4.69, 9.17) is 10.5 Å². The highest BCUT2D eigenvalue weighted by molar-refractivity contribution is 6.02. The van der Waals surface area contributed by atoms with Crippen LogP contribution in [-0.2, 0) is 0 Å². The van der Waals surface area contributed by atoms with Crippen LogP contribution >= 0.6 is 0 Å². The Balaban J connectivity index is 1.88. The summed E-state index contributed by atoms with van der Waals surface area (Å²) in [5.74, 6) is -5.11. The number of methoxy groups -OCH3 is 1. The van der Waals surface area contributed by atoms with Crippen molar-refractivity contribution >= 4 is 17.4 Å². The normalized spacial score (nSPS) is 21.0. The minimum Gasteiger partial charge on any atom is -0.480 e. The maximum atomic E-state index is 14.4. The Bertz CT molecular complexity index is 918. The molecule has 0 aliphatic carbocycles. The Kier molecular flexibility index (Phi) is 5.21. The van der Waals surface area contributed by atoms with E-state index in [0.29, 0.717) is 0 Å². The number of amidine groups is 1. The van der Waals surface area contributed by atoms with Gasteiger partial charge in [-0.25, -0.2) is 23.1 Å². The third kappa shape index (κ3) is 3.90. The molecular formula is C18H18F3N5O2. The standard InChI is InChI=1S/C18H18F3N5O2/c1-9-6-18(20,21)15(26-16(9)22)11-5-10(3-4-12(11)19)25-17(27)13-7-24-14(28-2)8-23-13/h3-5,7-9,15H,6H2,1-2H3,(H2,22,26)(H,25,27). The molecule has 2 unspecified atom stereocenters. The summed E-state index contributed by atoms with van der Waals surface area (Å²) in [6.45, 7) is 1.53. The van der Waals surface area contributed by atoms with Crippen molar-refractivity contribution in [2.75, 3.05) is 12.4 Å². The van der Waals surface area contributed by atoms with Crippen LogP contribution in [0.25, 0.3) is 0 Å². The van der Waals surface area contributed by atoms with Crippen LogP contribution < -0.4 is 15.8 Å². The molecule has 0 fully saturated rings. The minimum atomic E-state index is -3.27. The topological polar surface area (TPSA) is 102 Å². The first-order valence-corrected chi connectivity index (χ1v) is 8.39. The molecular weight excluding hydrogens is 375 g/mol. The molecule has 0 saturated carbocycles. The van der Waals surface area contributed by atoms with Crippen LogP contribution in [0.5, 0.6) is 5.88 Å². The van der Waals surface area contributed by atoms with Crippen molar-refractivity contribution in [2.45, 2.75) is 25.3 Å². The summed E-state index contributed by atoms with van der Waals surface area (Å²) in [7, 11) is 1.40. The number of amides is 1. The number of aromatic nitrogens is 2. The Labute approximate surface area is 158 Å². The molecule has 148 valence electrons. The molecule has 7 nitrogen and oxygen atoms in total. The van der Waals surface area contributed by atoms with E-state index in [9.17, 15) is 18.0 Å². The van der Waals surface area contributed by atoms with E-state index in [1.165, 1.54) is 32.5 Å². The van der Waals surface area contributed by atoms with Crippen LogP contribution in [0.4, 0.5) is 18.9 Å². The van der Waals surface area contributed by atoms with Gasteiger partial charge in [-0.3, -0.25) is 9.79 Å². The first-order valence-electron chi connectivity index (χ1n) is 8.39. The van der Waals surface area contributed by atoms with Gasteiger partial charge in [-0.15, -0.1) is 0 Å². The Hall–Kier alpha value is -3.17. The molecule has 1 aliphatic rings.